The number of anilines is 1. The van der Waals surface area contributed by atoms with Gasteiger partial charge in [-0.15, -0.1) is 24.0 Å². The number of aliphatic hydroxyl groups is 1. The number of rotatable bonds is 9. The number of hydrogen-bond acceptors (Lipinski definition) is 4. The first-order valence-electron chi connectivity index (χ1n) is 7.54. The van der Waals surface area contributed by atoms with Crippen molar-refractivity contribution in [3.63, 3.8) is 0 Å². The highest BCUT2D eigenvalue weighted by Gasteiger charge is 2.08. The van der Waals surface area contributed by atoms with Crippen molar-refractivity contribution in [3.05, 3.63) is 18.2 Å². The Labute approximate surface area is 155 Å². The van der Waals surface area contributed by atoms with Gasteiger partial charge < -0.3 is 25.6 Å². The molecular weight excluding hydrogens is 409 g/mol. The zero-order chi connectivity index (χ0) is 16.4. The number of aliphatic imine (C=N–C) groups is 1. The SMILES string of the molecule is CCCC(CCO)CN=C(N)Nc1cc(OC)ccc1OC.I. The highest BCUT2D eigenvalue weighted by atomic mass is 127. The van der Waals surface area contributed by atoms with Gasteiger partial charge in [0.15, 0.2) is 5.96 Å². The Bertz CT molecular complexity index is 478. The van der Waals surface area contributed by atoms with Gasteiger partial charge in [-0.1, -0.05) is 13.3 Å². The molecule has 132 valence electrons. The number of methoxy groups -OCH3 is 2. The molecule has 0 aliphatic rings. The summed E-state index contributed by atoms with van der Waals surface area (Å²) >= 11 is 0. The molecule has 1 atom stereocenters. The van der Waals surface area contributed by atoms with E-state index < -0.39 is 0 Å². The van der Waals surface area contributed by atoms with Crippen molar-refractivity contribution in [2.24, 2.45) is 16.6 Å². The molecule has 0 amide bonds. The fraction of sp³-hybridized carbons (Fsp3) is 0.562. The molecule has 4 N–H and O–H groups in total. The van der Waals surface area contributed by atoms with E-state index in [0.717, 1.165) is 19.3 Å². The molecule has 0 spiro atoms. The Morgan fingerprint density at radius 1 is 1.30 bits per heavy atom. The van der Waals surface area contributed by atoms with Crippen LogP contribution in [0.4, 0.5) is 5.69 Å². The number of nitrogens with two attached hydrogens (primary N) is 1. The van der Waals surface area contributed by atoms with Gasteiger partial charge in [0.1, 0.15) is 11.5 Å². The first kappa shape index (κ1) is 21.8. The van der Waals surface area contributed by atoms with Crippen LogP contribution in [0.25, 0.3) is 0 Å². The molecule has 0 fully saturated rings. The monoisotopic (exact) mass is 437 g/mol. The number of benzene rings is 1. The summed E-state index contributed by atoms with van der Waals surface area (Å²) in [4.78, 5) is 4.36. The second-order valence-electron chi connectivity index (χ2n) is 5.08. The average molecular weight is 437 g/mol. The van der Waals surface area contributed by atoms with E-state index in [4.69, 9.17) is 20.3 Å². The van der Waals surface area contributed by atoms with Gasteiger partial charge in [0.25, 0.3) is 0 Å². The van der Waals surface area contributed by atoms with Crippen LogP contribution in [-0.4, -0.2) is 38.4 Å². The first-order valence-corrected chi connectivity index (χ1v) is 7.54. The van der Waals surface area contributed by atoms with Crippen molar-refractivity contribution in [2.75, 3.05) is 32.7 Å². The van der Waals surface area contributed by atoms with Crippen LogP contribution in [0.1, 0.15) is 26.2 Å². The molecule has 7 heteroatoms. The van der Waals surface area contributed by atoms with E-state index in [1.165, 1.54) is 0 Å². The predicted molar refractivity (Wildman–Crippen MR) is 105 cm³/mol. The second-order valence-corrected chi connectivity index (χ2v) is 5.08. The molecule has 0 aliphatic heterocycles. The lowest BCUT2D eigenvalue weighted by Crippen LogP contribution is -2.24. The van der Waals surface area contributed by atoms with E-state index in [1.807, 2.05) is 6.07 Å². The summed E-state index contributed by atoms with van der Waals surface area (Å²) in [6.07, 6.45) is 2.84. The summed E-state index contributed by atoms with van der Waals surface area (Å²) in [5, 5.41) is 12.1. The Morgan fingerprint density at radius 3 is 2.61 bits per heavy atom. The molecule has 23 heavy (non-hydrogen) atoms. The third-order valence-electron chi connectivity index (χ3n) is 3.42. The lowest BCUT2D eigenvalue weighted by atomic mass is 10.0. The van der Waals surface area contributed by atoms with E-state index in [1.54, 1.807) is 26.4 Å². The van der Waals surface area contributed by atoms with Crippen LogP contribution in [0.5, 0.6) is 11.5 Å². The van der Waals surface area contributed by atoms with Crippen molar-refractivity contribution in [2.45, 2.75) is 26.2 Å². The lowest BCUT2D eigenvalue weighted by Gasteiger charge is -2.14. The fourth-order valence-electron chi connectivity index (χ4n) is 2.23. The van der Waals surface area contributed by atoms with Crippen LogP contribution < -0.4 is 20.5 Å². The molecule has 0 saturated heterocycles. The maximum atomic E-state index is 9.06. The van der Waals surface area contributed by atoms with E-state index in [9.17, 15) is 0 Å². The number of guanidine groups is 1. The van der Waals surface area contributed by atoms with Crippen LogP contribution in [0, 0.1) is 5.92 Å². The smallest absolute Gasteiger partial charge is 0.193 e. The molecule has 0 heterocycles. The summed E-state index contributed by atoms with van der Waals surface area (Å²) in [6.45, 7) is 2.90. The molecule has 1 aromatic rings. The van der Waals surface area contributed by atoms with Crippen molar-refractivity contribution < 1.29 is 14.6 Å². The molecule has 0 aromatic heterocycles. The zero-order valence-electron chi connectivity index (χ0n) is 14.0. The summed E-state index contributed by atoms with van der Waals surface area (Å²) in [6, 6.07) is 5.43. The maximum Gasteiger partial charge on any atom is 0.193 e. The van der Waals surface area contributed by atoms with Crippen molar-refractivity contribution in [1.82, 2.24) is 0 Å². The Kier molecular flexibility index (Phi) is 11.6. The van der Waals surface area contributed by atoms with Crippen LogP contribution in [-0.2, 0) is 0 Å². The fourth-order valence-corrected chi connectivity index (χ4v) is 2.23. The van der Waals surface area contributed by atoms with E-state index in [2.05, 4.69) is 17.2 Å². The minimum Gasteiger partial charge on any atom is -0.497 e. The van der Waals surface area contributed by atoms with E-state index >= 15 is 0 Å². The first-order chi connectivity index (χ1) is 10.6. The summed E-state index contributed by atoms with van der Waals surface area (Å²) in [7, 11) is 3.20. The third kappa shape index (κ3) is 7.74. The normalized spacial score (nSPS) is 12.3. The van der Waals surface area contributed by atoms with Crippen LogP contribution in [0.15, 0.2) is 23.2 Å². The summed E-state index contributed by atoms with van der Waals surface area (Å²) in [5.74, 6) is 2.05. The number of ether oxygens (including phenoxy) is 2. The highest BCUT2D eigenvalue weighted by Crippen LogP contribution is 2.28. The molecule has 0 saturated carbocycles. The van der Waals surface area contributed by atoms with Crippen LogP contribution in [0.2, 0.25) is 0 Å². The predicted octanol–water partition coefficient (Wildman–Crippen LogP) is 2.85. The van der Waals surface area contributed by atoms with Gasteiger partial charge in [0.05, 0.1) is 19.9 Å². The molecule has 0 bridgehead atoms. The summed E-state index contributed by atoms with van der Waals surface area (Å²) < 4.78 is 10.5. The Hall–Kier alpha value is -1.22. The highest BCUT2D eigenvalue weighted by molar-refractivity contribution is 14.0. The topological polar surface area (TPSA) is 89.1 Å². The Balaban J connectivity index is 0.00000484. The number of halogens is 1. The van der Waals surface area contributed by atoms with Crippen molar-refractivity contribution in [1.29, 1.82) is 0 Å². The molecular formula is C16H28IN3O3. The molecule has 6 nitrogen and oxygen atoms in total. The van der Waals surface area contributed by atoms with E-state index in [-0.39, 0.29) is 30.6 Å². The van der Waals surface area contributed by atoms with Gasteiger partial charge in [-0.2, -0.15) is 0 Å². The number of nitrogens with zero attached hydrogens (tertiary/aromatic N) is 1. The van der Waals surface area contributed by atoms with Gasteiger partial charge in [-0.25, -0.2) is 0 Å². The average Bonchev–Trinajstić information content (AvgIpc) is 2.53. The van der Waals surface area contributed by atoms with Crippen LogP contribution in [0.3, 0.4) is 0 Å². The third-order valence-corrected chi connectivity index (χ3v) is 3.42. The van der Waals surface area contributed by atoms with Gasteiger partial charge in [-0.05, 0) is 30.9 Å². The van der Waals surface area contributed by atoms with Crippen LogP contribution >= 0.6 is 24.0 Å². The molecule has 0 radical (unpaired) electrons. The quantitative estimate of drug-likeness (QED) is 0.314. The van der Waals surface area contributed by atoms with Gasteiger partial charge in [-0.3, -0.25) is 4.99 Å². The lowest BCUT2D eigenvalue weighted by molar-refractivity contribution is 0.253. The van der Waals surface area contributed by atoms with Gasteiger partial charge in [0, 0.05) is 19.2 Å². The standard InChI is InChI=1S/C16H27N3O3.HI/c1-4-5-12(8-9-20)11-18-16(17)19-14-10-13(21-2)6-7-15(14)22-3;/h6-7,10,12,20H,4-5,8-9,11H2,1-3H3,(H3,17,18,19);1H. The molecule has 1 rings (SSSR count). The van der Waals surface area contributed by atoms with Crippen molar-refractivity contribution in [3.8, 4) is 11.5 Å². The summed E-state index contributed by atoms with van der Waals surface area (Å²) in [5.41, 5.74) is 6.65. The van der Waals surface area contributed by atoms with Crippen molar-refractivity contribution >= 4 is 35.6 Å². The zero-order valence-corrected chi connectivity index (χ0v) is 16.4. The van der Waals surface area contributed by atoms with Gasteiger partial charge in [0.2, 0.25) is 0 Å². The minimum absolute atomic E-state index is 0. The van der Waals surface area contributed by atoms with Gasteiger partial charge >= 0.3 is 0 Å². The van der Waals surface area contributed by atoms with E-state index in [0.29, 0.717) is 35.6 Å². The largest absolute Gasteiger partial charge is 0.497 e. The Morgan fingerprint density at radius 2 is 2.04 bits per heavy atom. The molecule has 1 aromatic carbocycles. The second kappa shape index (κ2) is 12.2. The number of hydrogen-bond donors (Lipinski definition) is 3. The molecule has 1 unspecified atom stereocenters. The number of aliphatic hydroxyl groups excluding tert-OH is 1. The maximum absolute atomic E-state index is 9.06. The molecule has 0 aliphatic carbocycles. The number of nitrogens with one attached hydrogen (secondary N) is 1. The minimum atomic E-state index is 0.